The normalized spacial score (nSPS) is 17.2. The molecule has 1 aliphatic heterocycles. The van der Waals surface area contributed by atoms with Crippen molar-refractivity contribution in [2.24, 2.45) is 0 Å². The molecule has 0 bridgehead atoms. The molecule has 0 unspecified atom stereocenters. The van der Waals surface area contributed by atoms with E-state index in [4.69, 9.17) is 4.74 Å². The lowest BCUT2D eigenvalue weighted by Gasteiger charge is -2.21. The van der Waals surface area contributed by atoms with Crippen LogP contribution >= 0.6 is 43.2 Å². The molecule has 2 aromatic rings. The smallest absolute Gasteiger partial charge is 0.261 e. The van der Waals surface area contributed by atoms with Crippen molar-refractivity contribution in [3.8, 4) is 5.75 Å². The number of rotatable bonds is 8. The van der Waals surface area contributed by atoms with Gasteiger partial charge in [0.05, 0.1) is 9.35 Å². The summed E-state index contributed by atoms with van der Waals surface area (Å²) in [4.78, 5) is 15.3. The maximum atomic E-state index is 12.1. The number of nitrogens with one attached hydrogen (secondary N) is 1. The first-order valence-corrected chi connectivity index (χ1v) is 11.7. The molecule has 4 nitrogen and oxygen atoms in total. The summed E-state index contributed by atoms with van der Waals surface area (Å²) in [6, 6.07) is 8.65. The summed E-state index contributed by atoms with van der Waals surface area (Å²) in [6.07, 6.45) is 3.36. The predicted molar refractivity (Wildman–Crippen MR) is 118 cm³/mol. The largest absolute Gasteiger partial charge is 0.491 e. The number of amides is 1. The van der Waals surface area contributed by atoms with Crippen molar-refractivity contribution >= 4 is 49.1 Å². The van der Waals surface area contributed by atoms with Crippen molar-refractivity contribution in [2.45, 2.75) is 32.2 Å². The first-order chi connectivity index (χ1) is 13.0. The molecule has 0 radical (unpaired) electrons. The van der Waals surface area contributed by atoms with E-state index in [2.05, 4.69) is 61.1 Å². The quantitative estimate of drug-likeness (QED) is 0.531. The monoisotopic (exact) mass is 514 g/mol. The van der Waals surface area contributed by atoms with Gasteiger partial charge in [0.25, 0.3) is 5.91 Å². The number of carbonyl (C=O) groups is 1. The topological polar surface area (TPSA) is 41.6 Å². The molecule has 0 saturated carbocycles. The van der Waals surface area contributed by atoms with E-state index in [-0.39, 0.29) is 5.91 Å². The van der Waals surface area contributed by atoms with Crippen LogP contribution in [0.2, 0.25) is 0 Å². The molecule has 0 aliphatic carbocycles. The van der Waals surface area contributed by atoms with E-state index >= 15 is 0 Å². The Labute approximate surface area is 181 Å². The number of benzene rings is 1. The minimum Gasteiger partial charge on any atom is -0.491 e. The molecule has 7 heteroatoms. The van der Waals surface area contributed by atoms with Crippen LogP contribution in [0.4, 0.5) is 0 Å². The van der Waals surface area contributed by atoms with E-state index in [1.807, 2.05) is 17.5 Å². The molecule has 1 amide bonds. The van der Waals surface area contributed by atoms with E-state index < -0.39 is 0 Å². The third kappa shape index (κ3) is 6.04. The van der Waals surface area contributed by atoms with Crippen molar-refractivity contribution in [2.75, 3.05) is 26.2 Å². The van der Waals surface area contributed by atoms with Gasteiger partial charge in [0.1, 0.15) is 12.4 Å². The van der Waals surface area contributed by atoms with Gasteiger partial charge in [-0.2, -0.15) is 0 Å². The van der Waals surface area contributed by atoms with Gasteiger partial charge in [0, 0.05) is 29.0 Å². The van der Waals surface area contributed by atoms with Gasteiger partial charge in [-0.25, -0.2) is 0 Å². The number of halogens is 2. The van der Waals surface area contributed by atoms with E-state index in [0.717, 1.165) is 38.1 Å². The lowest BCUT2D eigenvalue weighted by molar-refractivity contribution is 0.0958. The van der Waals surface area contributed by atoms with Gasteiger partial charge in [-0.1, -0.05) is 6.07 Å². The van der Waals surface area contributed by atoms with E-state index in [9.17, 15) is 4.79 Å². The third-order valence-electron chi connectivity index (χ3n) is 4.81. The van der Waals surface area contributed by atoms with Crippen LogP contribution in [-0.2, 0) is 6.42 Å². The Morgan fingerprint density at radius 3 is 2.89 bits per heavy atom. The summed E-state index contributed by atoms with van der Waals surface area (Å²) < 4.78 is 7.85. The Morgan fingerprint density at radius 2 is 2.22 bits per heavy atom. The van der Waals surface area contributed by atoms with Gasteiger partial charge in [-0.3, -0.25) is 9.69 Å². The zero-order valence-electron chi connectivity index (χ0n) is 15.3. The second-order valence-corrected chi connectivity index (χ2v) is 9.46. The lowest BCUT2D eigenvalue weighted by Crippen LogP contribution is -2.31. The van der Waals surface area contributed by atoms with Crippen molar-refractivity contribution in [1.82, 2.24) is 10.2 Å². The Morgan fingerprint density at radius 1 is 1.37 bits per heavy atom. The van der Waals surface area contributed by atoms with Crippen molar-refractivity contribution in [1.29, 1.82) is 0 Å². The summed E-state index contributed by atoms with van der Waals surface area (Å²) in [5.41, 5.74) is 1.16. The summed E-state index contributed by atoms with van der Waals surface area (Å²) in [6.45, 7) is 5.75. The molecule has 3 rings (SSSR count). The highest BCUT2D eigenvalue weighted by molar-refractivity contribution is 9.10. The number of thiophene rings is 1. The zero-order valence-corrected chi connectivity index (χ0v) is 19.3. The first-order valence-electron chi connectivity index (χ1n) is 9.20. The van der Waals surface area contributed by atoms with Gasteiger partial charge in [-0.05, 0) is 88.4 Å². The predicted octanol–water partition coefficient (Wildman–Crippen LogP) is 5.11. The highest BCUT2D eigenvalue weighted by atomic mass is 79.9. The fourth-order valence-electron chi connectivity index (χ4n) is 3.25. The summed E-state index contributed by atoms with van der Waals surface area (Å²) in [5, 5.41) is 4.87. The molecule has 1 fully saturated rings. The van der Waals surface area contributed by atoms with Gasteiger partial charge in [-0.15, -0.1) is 11.3 Å². The maximum Gasteiger partial charge on any atom is 0.261 e. The Balaban J connectivity index is 1.43. The van der Waals surface area contributed by atoms with Crippen LogP contribution < -0.4 is 10.1 Å². The Kier molecular flexibility index (Phi) is 7.75. The third-order valence-corrected chi connectivity index (χ3v) is 7.12. The number of hydrogen-bond acceptors (Lipinski definition) is 4. The van der Waals surface area contributed by atoms with Crippen molar-refractivity contribution < 1.29 is 9.53 Å². The number of nitrogens with zero attached hydrogens (tertiary/aromatic N) is 1. The summed E-state index contributed by atoms with van der Waals surface area (Å²) in [5.74, 6) is 0.846. The zero-order chi connectivity index (χ0) is 19.2. The van der Waals surface area contributed by atoms with Crippen LogP contribution in [0.5, 0.6) is 5.75 Å². The summed E-state index contributed by atoms with van der Waals surface area (Å²) >= 11 is 8.41. The number of carbonyl (C=O) groups excluding carboxylic acids is 1. The molecule has 1 aromatic heterocycles. The van der Waals surface area contributed by atoms with Crippen molar-refractivity contribution in [3.63, 3.8) is 0 Å². The molecule has 1 atom stereocenters. The van der Waals surface area contributed by atoms with E-state index in [0.29, 0.717) is 19.2 Å². The molecule has 0 spiro atoms. The van der Waals surface area contributed by atoms with Gasteiger partial charge < -0.3 is 10.1 Å². The van der Waals surface area contributed by atoms with E-state index in [1.54, 1.807) is 0 Å². The van der Waals surface area contributed by atoms with Gasteiger partial charge >= 0.3 is 0 Å². The lowest BCUT2D eigenvalue weighted by atomic mass is 10.1. The van der Waals surface area contributed by atoms with Crippen LogP contribution in [0.3, 0.4) is 0 Å². The highest BCUT2D eigenvalue weighted by Crippen LogP contribution is 2.26. The minimum absolute atomic E-state index is 0.0270. The highest BCUT2D eigenvalue weighted by Gasteiger charge is 2.19. The standard InChI is InChI=1S/C20H24Br2N2O2S/c1-14-3-2-8-24(14)9-10-26-18-5-4-15(11-17(18)22)6-7-23-20(25)19-12-16(21)13-27-19/h4-5,11-14H,2-3,6-10H2,1H3,(H,23,25)/t14-/m0/s1. The SMILES string of the molecule is C[C@H]1CCCN1CCOc1ccc(CCNC(=O)c2cc(Br)cs2)cc1Br. The van der Waals surface area contributed by atoms with Gasteiger partial charge in [0.15, 0.2) is 0 Å². The minimum atomic E-state index is -0.0270. The molecule has 2 heterocycles. The number of hydrogen-bond donors (Lipinski definition) is 1. The van der Waals surface area contributed by atoms with Crippen LogP contribution in [0.1, 0.15) is 35.0 Å². The first kappa shape index (κ1) is 20.8. The molecular formula is C20H24Br2N2O2S. The Bertz CT molecular complexity index is 781. The van der Waals surface area contributed by atoms with Crippen molar-refractivity contribution in [3.05, 3.63) is 49.0 Å². The average Bonchev–Trinajstić information content (AvgIpc) is 3.25. The van der Waals surface area contributed by atoms with Crippen LogP contribution in [0.15, 0.2) is 38.6 Å². The number of ether oxygens (including phenoxy) is 1. The van der Waals surface area contributed by atoms with Gasteiger partial charge in [0.2, 0.25) is 0 Å². The summed E-state index contributed by atoms with van der Waals surface area (Å²) in [7, 11) is 0. The molecule has 1 saturated heterocycles. The fraction of sp³-hybridized carbons (Fsp3) is 0.450. The molecule has 1 N–H and O–H groups in total. The van der Waals surface area contributed by atoms with Crippen LogP contribution in [0.25, 0.3) is 0 Å². The number of likely N-dealkylation sites (tertiary alicyclic amines) is 1. The van der Waals surface area contributed by atoms with Crippen LogP contribution in [0, 0.1) is 0 Å². The molecule has 1 aliphatic rings. The maximum absolute atomic E-state index is 12.1. The second-order valence-electron chi connectivity index (χ2n) is 6.78. The second kappa shape index (κ2) is 10.0. The average molecular weight is 516 g/mol. The van der Waals surface area contributed by atoms with E-state index in [1.165, 1.54) is 30.7 Å². The van der Waals surface area contributed by atoms with Crippen LogP contribution in [-0.4, -0.2) is 43.1 Å². The molecular weight excluding hydrogens is 492 g/mol. The molecule has 27 heavy (non-hydrogen) atoms. The Hall–Kier alpha value is -0.890. The fourth-order valence-corrected chi connectivity index (χ4v) is 5.14. The molecule has 146 valence electrons. The molecule has 1 aromatic carbocycles.